The molecule has 0 fully saturated rings. The van der Waals surface area contributed by atoms with Crippen molar-refractivity contribution < 1.29 is 9.47 Å². The Labute approximate surface area is 110 Å². The second-order valence-electron chi connectivity index (χ2n) is 3.81. The van der Waals surface area contributed by atoms with Crippen LogP contribution in [0.15, 0.2) is 35.1 Å². The molecule has 100 valence electrons. The molecule has 0 aliphatic heterocycles. The second-order valence-corrected chi connectivity index (χ2v) is 3.81. The lowest BCUT2D eigenvalue weighted by Crippen LogP contribution is -2.26. The van der Waals surface area contributed by atoms with Gasteiger partial charge in [-0.3, -0.25) is 4.79 Å². The Morgan fingerprint density at radius 1 is 1.21 bits per heavy atom. The minimum absolute atomic E-state index is 0.0267. The molecule has 0 aliphatic carbocycles. The summed E-state index contributed by atoms with van der Waals surface area (Å²) in [4.78, 5) is 11.5. The van der Waals surface area contributed by atoms with Crippen LogP contribution in [0.4, 0.5) is 0 Å². The first-order chi connectivity index (χ1) is 9.19. The van der Waals surface area contributed by atoms with Gasteiger partial charge >= 0.3 is 0 Å². The molecule has 0 radical (unpaired) electrons. The lowest BCUT2D eigenvalue weighted by atomic mass is 10.1. The van der Waals surface area contributed by atoms with E-state index in [2.05, 4.69) is 5.10 Å². The summed E-state index contributed by atoms with van der Waals surface area (Å²) in [6.07, 6.45) is 0. The van der Waals surface area contributed by atoms with E-state index in [1.165, 1.54) is 10.7 Å². The van der Waals surface area contributed by atoms with E-state index in [4.69, 9.17) is 15.2 Å². The summed E-state index contributed by atoms with van der Waals surface area (Å²) in [6, 6.07) is 8.43. The highest BCUT2D eigenvalue weighted by Crippen LogP contribution is 2.31. The van der Waals surface area contributed by atoms with Crippen LogP contribution in [-0.2, 0) is 6.67 Å². The standard InChI is InChI=1S/C13H15N3O3/c1-18-9-3-5-12(19-2)10(7-9)11-4-6-13(17)16(8-14)15-11/h3-7H,8,14H2,1-2H3. The van der Waals surface area contributed by atoms with Gasteiger partial charge in [-0.25, -0.2) is 4.68 Å². The number of rotatable bonds is 4. The zero-order valence-electron chi connectivity index (χ0n) is 10.8. The first-order valence-electron chi connectivity index (χ1n) is 5.70. The number of methoxy groups -OCH3 is 2. The Morgan fingerprint density at radius 3 is 2.63 bits per heavy atom. The monoisotopic (exact) mass is 261 g/mol. The highest BCUT2D eigenvalue weighted by atomic mass is 16.5. The van der Waals surface area contributed by atoms with Gasteiger partial charge in [-0.15, -0.1) is 0 Å². The van der Waals surface area contributed by atoms with E-state index < -0.39 is 0 Å². The molecule has 0 saturated carbocycles. The van der Waals surface area contributed by atoms with E-state index in [0.717, 1.165) is 5.56 Å². The predicted octanol–water partition coefficient (Wildman–Crippen LogP) is 0.844. The van der Waals surface area contributed by atoms with E-state index >= 15 is 0 Å². The molecule has 2 N–H and O–H groups in total. The molecule has 0 amide bonds. The predicted molar refractivity (Wildman–Crippen MR) is 71.2 cm³/mol. The molecule has 0 spiro atoms. The van der Waals surface area contributed by atoms with Crippen molar-refractivity contribution in [3.63, 3.8) is 0 Å². The molecule has 19 heavy (non-hydrogen) atoms. The molecule has 1 aromatic carbocycles. The summed E-state index contributed by atoms with van der Waals surface area (Å²) in [5, 5.41) is 4.19. The van der Waals surface area contributed by atoms with Gasteiger partial charge in [0.05, 0.1) is 26.6 Å². The van der Waals surface area contributed by atoms with Crippen molar-refractivity contribution in [1.29, 1.82) is 0 Å². The summed E-state index contributed by atoms with van der Waals surface area (Å²) < 4.78 is 11.7. The van der Waals surface area contributed by atoms with Crippen molar-refractivity contribution in [2.45, 2.75) is 6.67 Å². The van der Waals surface area contributed by atoms with Crippen LogP contribution in [0.3, 0.4) is 0 Å². The van der Waals surface area contributed by atoms with Crippen molar-refractivity contribution in [3.8, 4) is 22.8 Å². The van der Waals surface area contributed by atoms with Crippen molar-refractivity contribution in [3.05, 3.63) is 40.7 Å². The van der Waals surface area contributed by atoms with E-state index in [-0.39, 0.29) is 12.2 Å². The smallest absolute Gasteiger partial charge is 0.267 e. The second kappa shape index (κ2) is 5.53. The maximum absolute atomic E-state index is 11.5. The van der Waals surface area contributed by atoms with Crippen LogP contribution in [0.5, 0.6) is 11.5 Å². The Morgan fingerprint density at radius 2 is 2.00 bits per heavy atom. The van der Waals surface area contributed by atoms with E-state index in [9.17, 15) is 4.79 Å². The minimum atomic E-state index is -0.242. The van der Waals surface area contributed by atoms with Gasteiger partial charge in [0.1, 0.15) is 11.5 Å². The fraction of sp³-hybridized carbons (Fsp3) is 0.231. The number of hydrogen-bond acceptors (Lipinski definition) is 5. The van der Waals surface area contributed by atoms with E-state index in [0.29, 0.717) is 17.2 Å². The first kappa shape index (κ1) is 13.1. The summed E-state index contributed by atoms with van der Waals surface area (Å²) in [6.45, 7) is 0.0267. The van der Waals surface area contributed by atoms with Crippen LogP contribution in [0, 0.1) is 0 Å². The Kier molecular flexibility index (Phi) is 3.82. The largest absolute Gasteiger partial charge is 0.497 e. The van der Waals surface area contributed by atoms with Gasteiger partial charge in [-0.1, -0.05) is 0 Å². The number of benzene rings is 1. The molecule has 2 aromatic rings. The quantitative estimate of drug-likeness (QED) is 0.882. The van der Waals surface area contributed by atoms with Crippen LogP contribution in [0.1, 0.15) is 0 Å². The van der Waals surface area contributed by atoms with Crippen molar-refractivity contribution in [2.75, 3.05) is 14.2 Å². The molecule has 0 unspecified atom stereocenters. The normalized spacial score (nSPS) is 10.3. The molecule has 1 heterocycles. The van der Waals surface area contributed by atoms with Crippen molar-refractivity contribution >= 4 is 0 Å². The average molecular weight is 261 g/mol. The number of hydrogen-bond donors (Lipinski definition) is 1. The average Bonchev–Trinajstić information content (AvgIpc) is 2.47. The zero-order chi connectivity index (χ0) is 13.8. The van der Waals surface area contributed by atoms with Crippen LogP contribution < -0.4 is 20.8 Å². The molecule has 6 nitrogen and oxygen atoms in total. The van der Waals surface area contributed by atoms with E-state index in [1.54, 1.807) is 38.5 Å². The fourth-order valence-electron chi connectivity index (χ4n) is 1.74. The Bertz CT molecular complexity index is 637. The van der Waals surface area contributed by atoms with Gasteiger partial charge in [-0.2, -0.15) is 5.10 Å². The van der Waals surface area contributed by atoms with Crippen LogP contribution >= 0.6 is 0 Å². The first-order valence-corrected chi connectivity index (χ1v) is 5.70. The molecule has 0 atom stereocenters. The van der Waals surface area contributed by atoms with Crippen molar-refractivity contribution in [1.82, 2.24) is 9.78 Å². The number of nitrogens with zero attached hydrogens (tertiary/aromatic N) is 2. The summed E-state index contributed by atoms with van der Waals surface area (Å²) >= 11 is 0. The van der Waals surface area contributed by atoms with Gasteiger partial charge in [0.15, 0.2) is 0 Å². The van der Waals surface area contributed by atoms with E-state index in [1.807, 2.05) is 0 Å². The summed E-state index contributed by atoms with van der Waals surface area (Å²) in [7, 11) is 3.16. The fourth-order valence-corrected chi connectivity index (χ4v) is 1.74. The topological polar surface area (TPSA) is 79.4 Å². The highest BCUT2D eigenvalue weighted by Gasteiger charge is 2.10. The lowest BCUT2D eigenvalue weighted by molar-refractivity contribution is 0.404. The SMILES string of the molecule is COc1ccc(OC)c(-c2ccc(=O)n(CN)n2)c1. The molecule has 2 rings (SSSR count). The summed E-state index contributed by atoms with van der Waals surface area (Å²) in [5.74, 6) is 1.33. The molecular formula is C13H15N3O3. The Hall–Kier alpha value is -2.34. The molecule has 1 aromatic heterocycles. The zero-order valence-corrected chi connectivity index (χ0v) is 10.8. The third-order valence-electron chi connectivity index (χ3n) is 2.72. The van der Waals surface area contributed by atoms with Gasteiger partial charge in [-0.05, 0) is 24.3 Å². The third-order valence-corrected chi connectivity index (χ3v) is 2.72. The van der Waals surface area contributed by atoms with Gasteiger partial charge < -0.3 is 15.2 Å². The van der Waals surface area contributed by atoms with Crippen LogP contribution in [0.2, 0.25) is 0 Å². The number of aromatic nitrogens is 2. The van der Waals surface area contributed by atoms with Gasteiger partial charge in [0.25, 0.3) is 5.56 Å². The number of ether oxygens (including phenoxy) is 2. The molecule has 6 heteroatoms. The molecule has 0 aliphatic rings. The van der Waals surface area contributed by atoms with Crippen LogP contribution in [0.25, 0.3) is 11.3 Å². The van der Waals surface area contributed by atoms with Gasteiger partial charge in [0.2, 0.25) is 0 Å². The highest BCUT2D eigenvalue weighted by molar-refractivity contribution is 5.68. The summed E-state index contributed by atoms with van der Waals surface area (Å²) in [5.41, 5.74) is 6.56. The third kappa shape index (κ3) is 2.58. The van der Waals surface area contributed by atoms with Gasteiger partial charge in [0, 0.05) is 11.6 Å². The Balaban J connectivity index is 2.59. The van der Waals surface area contributed by atoms with Crippen molar-refractivity contribution in [2.24, 2.45) is 5.73 Å². The maximum atomic E-state index is 11.5. The molecular weight excluding hydrogens is 246 g/mol. The lowest BCUT2D eigenvalue weighted by Gasteiger charge is -2.11. The molecule has 0 bridgehead atoms. The minimum Gasteiger partial charge on any atom is -0.497 e. The molecule has 0 saturated heterocycles. The maximum Gasteiger partial charge on any atom is 0.267 e. The van der Waals surface area contributed by atoms with Crippen LogP contribution in [-0.4, -0.2) is 24.0 Å². The number of nitrogens with two attached hydrogens (primary N) is 1.